The summed E-state index contributed by atoms with van der Waals surface area (Å²) in [7, 11) is 0. The lowest BCUT2D eigenvalue weighted by atomic mass is 10.1. The van der Waals surface area contributed by atoms with E-state index in [0.717, 1.165) is 12.1 Å². The Kier molecular flexibility index (Phi) is 5.28. The minimum Gasteiger partial charge on any atom is -0.349 e. The molecule has 0 aliphatic rings. The van der Waals surface area contributed by atoms with Crippen molar-refractivity contribution >= 4 is 5.91 Å². The lowest BCUT2D eigenvalue weighted by molar-refractivity contribution is -0.120. The standard InChI is InChI=1S/C14H23N3O/c1-5-11-7-6-8-15-12(11)9-16-13(18)10-17-14(2,3)4/h6-8,17H,5,9-10H2,1-4H3,(H,16,18). The van der Waals surface area contributed by atoms with Crippen LogP contribution in [-0.2, 0) is 17.8 Å². The third kappa shape index (κ3) is 5.27. The van der Waals surface area contributed by atoms with Gasteiger partial charge in [0.15, 0.2) is 0 Å². The van der Waals surface area contributed by atoms with E-state index in [-0.39, 0.29) is 11.4 Å². The van der Waals surface area contributed by atoms with Crippen LogP contribution in [0.2, 0.25) is 0 Å². The Hall–Kier alpha value is -1.42. The molecule has 1 rings (SSSR count). The van der Waals surface area contributed by atoms with Gasteiger partial charge in [-0.05, 0) is 38.8 Å². The predicted octanol–water partition coefficient (Wildman–Crippen LogP) is 1.65. The van der Waals surface area contributed by atoms with Gasteiger partial charge in [0.1, 0.15) is 0 Å². The highest BCUT2D eigenvalue weighted by atomic mass is 16.1. The highest BCUT2D eigenvalue weighted by Gasteiger charge is 2.11. The Morgan fingerprint density at radius 1 is 1.39 bits per heavy atom. The third-order valence-corrected chi connectivity index (χ3v) is 2.60. The van der Waals surface area contributed by atoms with Crippen LogP contribution in [0.5, 0.6) is 0 Å². The molecule has 0 aliphatic carbocycles. The summed E-state index contributed by atoms with van der Waals surface area (Å²) in [6.07, 6.45) is 2.69. The van der Waals surface area contributed by atoms with E-state index in [1.54, 1.807) is 6.20 Å². The van der Waals surface area contributed by atoms with Gasteiger partial charge >= 0.3 is 0 Å². The zero-order valence-electron chi connectivity index (χ0n) is 11.7. The first-order valence-corrected chi connectivity index (χ1v) is 6.37. The van der Waals surface area contributed by atoms with Gasteiger partial charge < -0.3 is 10.6 Å². The van der Waals surface area contributed by atoms with Gasteiger partial charge in [0, 0.05) is 11.7 Å². The van der Waals surface area contributed by atoms with E-state index in [1.165, 1.54) is 5.56 Å². The first kappa shape index (κ1) is 14.6. The summed E-state index contributed by atoms with van der Waals surface area (Å²) in [4.78, 5) is 16.0. The second-order valence-corrected chi connectivity index (χ2v) is 5.34. The average Bonchev–Trinajstić information content (AvgIpc) is 2.33. The molecule has 0 atom stereocenters. The van der Waals surface area contributed by atoms with Gasteiger partial charge in [-0.2, -0.15) is 0 Å². The fraction of sp³-hybridized carbons (Fsp3) is 0.571. The molecule has 1 amide bonds. The normalized spacial score (nSPS) is 11.3. The molecule has 4 heteroatoms. The van der Waals surface area contributed by atoms with Gasteiger partial charge in [0.25, 0.3) is 0 Å². The third-order valence-electron chi connectivity index (χ3n) is 2.60. The Morgan fingerprint density at radius 2 is 2.11 bits per heavy atom. The topological polar surface area (TPSA) is 54.0 Å². The number of hydrogen-bond acceptors (Lipinski definition) is 3. The largest absolute Gasteiger partial charge is 0.349 e. The van der Waals surface area contributed by atoms with E-state index in [0.29, 0.717) is 13.1 Å². The molecule has 0 bridgehead atoms. The number of nitrogens with zero attached hydrogens (tertiary/aromatic N) is 1. The van der Waals surface area contributed by atoms with Crippen LogP contribution in [0.15, 0.2) is 18.3 Å². The molecular weight excluding hydrogens is 226 g/mol. The summed E-state index contributed by atoms with van der Waals surface area (Å²) in [6, 6.07) is 3.97. The molecular formula is C14H23N3O. The van der Waals surface area contributed by atoms with Crippen LogP contribution in [0.3, 0.4) is 0 Å². The van der Waals surface area contributed by atoms with E-state index < -0.39 is 0 Å². The lowest BCUT2D eigenvalue weighted by Gasteiger charge is -2.20. The molecule has 0 unspecified atom stereocenters. The smallest absolute Gasteiger partial charge is 0.234 e. The molecule has 0 aromatic carbocycles. The quantitative estimate of drug-likeness (QED) is 0.834. The van der Waals surface area contributed by atoms with Crippen LogP contribution < -0.4 is 10.6 Å². The highest BCUT2D eigenvalue weighted by molar-refractivity contribution is 5.78. The molecule has 1 aromatic rings. The van der Waals surface area contributed by atoms with Crippen LogP contribution in [-0.4, -0.2) is 23.0 Å². The fourth-order valence-electron chi connectivity index (χ4n) is 1.54. The summed E-state index contributed by atoms with van der Waals surface area (Å²) in [6.45, 7) is 9.02. The summed E-state index contributed by atoms with van der Waals surface area (Å²) in [5.41, 5.74) is 2.09. The van der Waals surface area contributed by atoms with Crippen molar-refractivity contribution in [2.75, 3.05) is 6.54 Å². The molecule has 0 fully saturated rings. The van der Waals surface area contributed by atoms with Crippen LogP contribution in [0.25, 0.3) is 0 Å². The maximum Gasteiger partial charge on any atom is 0.234 e. The Morgan fingerprint density at radius 3 is 2.72 bits per heavy atom. The highest BCUT2D eigenvalue weighted by Crippen LogP contribution is 2.05. The number of carbonyl (C=O) groups excluding carboxylic acids is 1. The second-order valence-electron chi connectivity index (χ2n) is 5.34. The van der Waals surface area contributed by atoms with Gasteiger partial charge in [0.2, 0.25) is 5.91 Å². The second kappa shape index (κ2) is 6.50. The zero-order chi connectivity index (χ0) is 13.6. The lowest BCUT2D eigenvalue weighted by Crippen LogP contribution is -2.43. The Labute approximate surface area is 109 Å². The first-order chi connectivity index (χ1) is 8.42. The molecule has 0 saturated carbocycles. The van der Waals surface area contributed by atoms with Gasteiger partial charge in [-0.25, -0.2) is 0 Å². The molecule has 0 saturated heterocycles. The molecule has 18 heavy (non-hydrogen) atoms. The number of rotatable bonds is 5. The Balaban J connectivity index is 2.43. The van der Waals surface area contributed by atoms with Gasteiger partial charge in [-0.1, -0.05) is 13.0 Å². The maximum atomic E-state index is 11.7. The van der Waals surface area contributed by atoms with Crippen molar-refractivity contribution in [1.82, 2.24) is 15.6 Å². The van der Waals surface area contributed by atoms with E-state index in [1.807, 2.05) is 32.9 Å². The van der Waals surface area contributed by atoms with Crippen molar-refractivity contribution in [3.63, 3.8) is 0 Å². The van der Waals surface area contributed by atoms with Gasteiger partial charge in [-0.3, -0.25) is 9.78 Å². The van der Waals surface area contributed by atoms with Crippen LogP contribution in [0.4, 0.5) is 0 Å². The number of nitrogens with one attached hydrogen (secondary N) is 2. The fourth-order valence-corrected chi connectivity index (χ4v) is 1.54. The maximum absolute atomic E-state index is 11.7. The number of hydrogen-bond donors (Lipinski definition) is 2. The number of pyridine rings is 1. The molecule has 0 aliphatic heterocycles. The average molecular weight is 249 g/mol. The monoisotopic (exact) mass is 249 g/mol. The summed E-state index contributed by atoms with van der Waals surface area (Å²) >= 11 is 0. The SMILES string of the molecule is CCc1cccnc1CNC(=O)CNC(C)(C)C. The predicted molar refractivity (Wildman–Crippen MR) is 73.2 cm³/mol. The Bertz CT molecular complexity index is 396. The molecule has 1 aromatic heterocycles. The van der Waals surface area contributed by atoms with Crippen LogP contribution in [0, 0.1) is 0 Å². The molecule has 0 spiro atoms. The summed E-state index contributed by atoms with van der Waals surface area (Å²) < 4.78 is 0. The molecule has 4 nitrogen and oxygen atoms in total. The minimum atomic E-state index is -0.0447. The van der Waals surface area contributed by atoms with Crippen molar-refractivity contribution < 1.29 is 4.79 Å². The molecule has 100 valence electrons. The van der Waals surface area contributed by atoms with E-state index in [4.69, 9.17) is 0 Å². The minimum absolute atomic E-state index is 0.00219. The van der Waals surface area contributed by atoms with Crippen LogP contribution >= 0.6 is 0 Å². The van der Waals surface area contributed by atoms with E-state index in [9.17, 15) is 4.79 Å². The van der Waals surface area contributed by atoms with Gasteiger partial charge in [-0.15, -0.1) is 0 Å². The summed E-state index contributed by atoms with van der Waals surface area (Å²) in [5, 5.41) is 6.04. The molecule has 0 radical (unpaired) electrons. The number of amides is 1. The first-order valence-electron chi connectivity index (χ1n) is 6.37. The molecule has 2 N–H and O–H groups in total. The van der Waals surface area contributed by atoms with Crippen molar-refractivity contribution in [2.45, 2.75) is 46.2 Å². The van der Waals surface area contributed by atoms with Crippen molar-refractivity contribution in [2.24, 2.45) is 0 Å². The number of aryl methyl sites for hydroxylation is 1. The summed E-state index contributed by atoms with van der Waals surface area (Å²) in [5.74, 6) is -0.00219. The van der Waals surface area contributed by atoms with Crippen molar-refractivity contribution in [3.05, 3.63) is 29.6 Å². The molecule has 1 heterocycles. The number of aromatic nitrogens is 1. The number of carbonyl (C=O) groups is 1. The van der Waals surface area contributed by atoms with Crippen LogP contribution in [0.1, 0.15) is 39.0 Å². The van der Waals surface area contributed by atoms with E-state index in [2.05, 4.69) is 22.5 Å². The van der Waals surface area contributed by atoms with E-state index >= 15 is 0 Å². The van der Waals surface area contributed by atoms with Gasteiger partial charge in [0.05, 0.1) is 18.8 Å². The zero-order valence-corrected chi connectivity index (χ0v) is 11.7. The van der Waals surface area contributed by atoms with Crippen molar-refractivity contribution in [1.29, 1.82) is 0 Å². The van der Waals surface area contributed by atoms with Crippen molar-refractivity contribution in [3.8, 4) is 0 Å².